The van der Waals surface area contributed by atoms with E-state index in [9.17, 15) is 5.11 Å². The number of nitrogens with zero attached hydrogens (tertiary/aromatic N) is 3. The van der Waals surface area contributed by atoms with E-state index >= 15 is 0 Å². The van der Waals surface area contributed by atoms with Crippen LogP contribution in [0.5, 0.6) is 0 Å². The fourth-order valence-electron chi connectivity index (χ4n) is 1.71. The Labute approximate surface area is 111 Å². The fourth-order valence-corrected chi connectivity index (χ4v) is 1.89. The Morgan fingerprint density at radius 3 is 2.72 bits per heavy atom. The molecular formula is C13H14ClN3O. The number of aliphatic imine (C=N–C) groups is 1. The van der Waals surface area contributed by atoms with Crippen molar-refractivity contribution >= 4 is 23.2 Å². The predicted molar refractivity (Wildman–Crippen MR) is 69.0 cm³/mol. The number of hydrogen-bond acceptors (Lipinski definition) is 2. The lowest BCUT2D eigenvalue weighted by atomic mass is 10.2. The van der Waals surface area contributed by atoms with E-state index in [1.54, 1.807) is 21.3 Å². The maximum absolute atomic E-state index is 12.1. The van der Waals surface area contributed by atoms with E-state index in [0.717, 1.165) is 5.56 Å². The molecule has 0 amide bonds. The van der Waals surface area contributed by atoms with Crippen molar-refractivity contribution < 1.29 is 9.67 Å². The zero-order valence-electron chi connectivity index (χ0n) is 10.5. The van der Waals surface area contributed by atoms with Crippen molar-refractivity contribution in [2.75, 3.05) is 0 Å². The van der Waals surface area contributed by atoms with E-state index in [-0.39, 0.29) is 5.90 Å². The predicted octanol–water partition coefficient (Wildman–Crippen LogP) is 1.25. The molecule has 0 saturated carbocycles. The molecule has 1 aromatic heterocycles. The Morgan fingerprint density at radius 2 is 2.17 bits per heavy atom. The molecule has 0 radical (unpaired) electrons. The molecule has 0 aliphatic rings. The smallest absolute Gasteiger partial charge is 0.292 e. The van der Waals surface area contributed by atoms with Crippen LogP contribution in [0.2, 0.25) is 5.02 Å². The van der Waals surface area contributed by atoms with Crippen molar-refractivity contribution in [1.29, 1.82) is 0 Å². The van der Waals surface area contributed by atoms with E-state index in [1.165, 1.54) is 0 Å². The zero-order chi connectivity index (χ0) is 13.3. The normalized spacial score (nSPS) is 11.9. The van der Waals surface area contributed by atoms with E-state index in [1.807, 2.05) is 39.5 Å². The Balaban J connectivity index is 2.41. The van der Waals surface area contributed by atoms with Gasteiger partial charge in [0, 0.05) is 5.02 Å². The lowest BCUT2D eigenvalue weighted by Crippen LogP contribution is -2.39. The SMILES string of the molecule is Cc1ccc(/N=C(\[O-])c2n(C)cc[n+]2C)cc1Cl. The van der Waals surface area contributed by atoms with Gasteiger partial charge >= 0.3 is 0 Å². The Hall–Kier alpha value is -1.81. The average Bonchev–Trinajstić information content (AvgIpc) is 2.64. The van der Waals surface area contributed by atoms with Crippen molar-refractivity contribution in [2.45, 2.75) is 6.92 Å². The van der Waals surface area contributed by atoms with Crippen LogP contribution in [-0.2, 0) is 14.1 Å². The first kappa shape index (κ1) is 12.6. The van der Waals surface area contributed by atoms with E-state index < -0.39 is 0 Å². The molecule has 0 aliphatic heterocycles. The van der Waals surface area contributed by atoms with Gasteiger partial charge < -0.3 is 5.11 Å². The quantitative estimate of drug-likeness (QED) is 0.457. The molecule has 94 valence electrons. The second-order valence-corrected chi connectivity index (χ2v) is 4.60. The number of halogens is 1. The van der Waals surface area contributed by atoms with Crippen LogP contribution >= 0.6 is 11.6 Å². The van der Waals surface area contributed by atoms with Crippen molar-refractivity contribution in [1.82, 2.24) is 4.57 Å². The number of rotatable bonds is 2. The number of hydrogen-bond donors (Lipinski definition) is 0. The number of aryl methyl sites for hydroxylation is 3. The molecule has 4 nitrogen and oxygen atoms in total. The van der Waals surface area contributed by atoms with Gasteiger partial charge in [0.1, 0.15) is 12.4 Å². The molecule has 0 aliphatic carbocycles. The van der Waals surface area contributed by atoms with Gasteiger partial charge in [-0.2, -0.15) is 0 Å². The maximum atomic E-state index is 12.1. The average molecular weight is 264 g/mol. The summed E-state index contributed by atoms with van der Waals surface area (Å²) in [6.07, 6.45) is 3.62. The minimum atomic E-state index is -0.287. The van der Waals surface area contributed by atoms with Gasteiger partial charge in [0.25, 0.3) is 5.82 Å². The van der Waals surface area contributed by atoms with E-state index in [4.69, 9.17) is 11.6 Å². The molecule has 0 spiro atoms. The number of aromatic nitrogens is 2. The lowest BCUT2D eigenvalue weighted by Gasteiger charge is -2.08. The van der Waals surface area contributed by atoms with E-state index in [2.05, 4.69) is 4.99 Å². The molecule has 0 bridgehead atoms. The van der Waals surface area contributed by atoms with Crippen LogP contribution in [-0.4, -0.2) is 10.5 Å². The molecule has 0 saturated heterocycles. The standard InChI is InChI=1S/C13H14ClN3O/c1-9-4-5-10(8-11(9)14)15-12(18)13-16(2)6-7-17(13)3/h4-8H,1-3H3. The van der Waals surface area contributed by atoms with Gasteiger partial charge in [-0.15, -0.1) is 0 Å². The summed E-state index contributed by atoms with van der Waals surface area (Å²) in [5.41, 5.74) is 1.53. The van der Waals surface area contributed by atoms with Gasteiger partial charge in [-0.1, -0.05) is 17.7 Å². The van der Waals surface area contributed by atoms with Gasteiger partial charge in [-0.25, -0.2) is 9.13 Å². The van der Waals surface area contributed by atoms with Gasteiger partial charge in [-0.3, -0.25) is 4.99 Å². The second-order valence-electron chi connectivity index (χ2n) is 4.19. The molecule has 0 atom stereocenters. The topological polar surface area (TPSA) is 44.2 Å². The van der Waals surface area contributed by atoms with Crippen molar-refractivity contribution in [3.63, 3.8) is 0 Å². The van der Waals surface area contributed by atoms with Gasteiger partial charge in [0.2, 0.25) is 0 Å². The maximum Gasteiger partial charge on any atom is 0.292 e. The summed E-state index contributed by atoms with van der Waals surface area (Å²) in [6.45, 7) is 1.91. The molecule has 1 aromatic carbocycles. The van der Waals surface area contributed by atoms with Crippen molar-refractivity contribution in [3.8, 4) is 0 Å². The third-order valence-electron chi connectivity index (χ3n) is 2.76. The first-order chi connectivity index (χ1) is 8.49. The van der Waals surface area contributed by atoms with Crippen LogP contribution < -0.4 is 9.67 Å². The fraction of sp³-hybridized carbons (Fsp3) is 0.231. The van der Waals surface area contributed by atoms with Crippen molar-refractivity contribution in [2.24, 2.45) is 19.1 Å². The Bertz CT molecular complexity index is 597. The van der Waals surface area contributed by atoms with Crippen LogP contribution in [0.1, 0.15) is 11.4 Å². The summed E-state index contributed by atoms with van der Waals surface area (Å²) >= 11 is 6.00. The first-order valence-corrected chi connectivity index (χ1v) is 5.90. The lowest BCUT2D eigenvalue weighted by molar-refractivity contribution is -0.674. The molecule has 18 heavy (non-hydrogen) atoms. The zero-order valence-corrected chi connectivity index (χ0v) is 11.3. The monoisotopic (exact) mass is 263 g/mol. The van der Waals surface area contributed by atoms with Crippen LogP contribution in [0.15, 0.2) is 35.6 Å². The van der Waals surface area contributed by atoms with Gasteiger partial charge in [0.15, 0.2) is 0 Å². The molecule has 0 unspecified atom stereocenters. The van der Waals surface area contributed by atoms with Gasteiger partial charge in [-0.05, 0) is 24.6 Å². The highest BCUT2D eigenvalue weighted by Gasteiger charge is 2.11. The van der Waals surface area contributed by atoms with Crippen molar-refractivity contribution in [3.05, 3.63) is 47.0 Å². The van der Waals surface area contributed by atoms with Crippen LogP contribution in [0, 0.1) is 6.92 Å². The molecule has 0 N–H and O–H groups in total. The highest BCUT2D eigenvalue weighted by atomic mass is 35.5. The summed E-state index contributed by atoms with van der Waals surface area (Å²) in [5, 5.41) is 12.7. The molecular weight excluding hydrogens is 250 g/mol. The first-order valence-electron chi connectivity index (χ1n) is 5.52. The number of imidazole rings is 1. The van der Waals surface area contributed by atoms with Crippen LogP contribution in [0.25, 0.3) is 0 Å². The van der Waals surface area contributed by atoms with Crippen LogP contribution in [0.3, 0.4) is 0 Å². The molecule has 2 rings (SSSR count). The highest BCUT2D eigenvalue weighted by molar-refractivity contribution is 6.31. The Morgan fingerprint density at radius 1 is 1.44 bits per heavy atom. The van der Waals surface area contributed by atoms with Gasteiger partial charge in [0.05, 0.1) is 25.7 Å². The molecule has 0 fully saturated rings. The van der Waals surface area contributed by atoms with Crippen LogP contribution in [0.4, 0.5) is 5.69 Å². The van der Waals surface area contributed by atoms with E-state index in [0.29, 0.717) is 16.5 Å². The summed E-state index contributed by atoms with van der Waals surface area (Å²) in [4.78, 5) is 4.06. The highest BCUT2D eigenvalue weighted by Crippen LogP contribution is 2.22. The molecule has 5 heteroatoms. The largest absolute Gasteiger partial charge is 0.853 e. The third kappa shape index (κ3) is 2.38. The molecule has 2 aromatic rings. The second kappa shape index (κ2) is 4.82. The number of benzene rings is 1. The molecule has 1 heterocycles. The summed E-state index contributed by atoms with van der Waals surface area (Å²) in [6, 6.07) is 5.32. The third-order valence-corrected chi connectivity index (χ3v) is 3.17. The summed E-state index contributed by atoms with van der Waals surface area (Å²) in [7, 11) is 3.62. The Kier molecular flexibility index (Phi) is 3.39. The minimum Gasteiger partial charge on any atom is -0.853 e. The summed E-state index contributed by atoms with van der Waals surface area (Å²) in [5.74, 6) is 0.233. The summed E-state index contributed by atoms with van der Waals surface area (Å²) < 4.78 is 3.48. The minimum absolute atomic E-state index is 0.287.